The van der Waals surface area contributed by atoms with Gasteiger partial charge in [0.25, 0.3) is 0 Å². The molecular formula is C11H16N2O. The van der Waals surface area contributed by atoms with Crippen LogP contribution < -0.4 is 15.0 Å². The number of fused-ring (bicyclic) bond motifs is 1. The third-order valence-electron chi connectivity index (χ3n) is 2.64. The summed E-state index contributed by atoms with van der Waals surface area (Å²) in [4.78, 5) is 2.26. The van der Waals surface area contributed by atoms with Gasteiger partial charge in [-0.05, 0) is 11.6 Å². The van der Waals surface area contributed by atoms with Crippen LogP contribution in [-0.4, -0.2) is 27.2 Å². The van der Waals surface area contributed by atoms with E-state index in [9.17, 15) is 0 Å². The second-order valence-electron chi connectivity index (χ2n) is 3.59. The van der Waals surface area contributed by atoms with Gasteiger partial charge in [-0.1, -0.05) is 6.07 Å². The van der Waals surface area contributed by atoms with Gasteiger partial charge < -0.3 is 15.0 Å². The first-order valence-corrected chi connectivity index (χ1v) is 4.90. The third-order valence-corrected chi connectivity index (χ3v) is 2.64. The van der Waals surface area contributed by atoms with Crippen LogP contribution in [0.5, 0.6) is 5.75 Å². The van der Waals surface area contributed by atoms with Crippen molar-refractivity contribution in [2.75, 3.05) is 32.1 Å². The van der Waals surface area contributed by atoms with Crippen LogP contribution in [0.2, 0.25) is 0 Å². The van der Waals surface area contributed by atoms with Crippen LogP contribution in [0.1, 0.15) is 5.56 Å². The minimum Gasteiger partial charge on any atom is -0.497 e. The Morgan fingerprint density at radius 3 is 3.07 bits per heavy atom. The van der Waals surface area contributed by atoms with Gasteiger partial charge in [0, 0.05) is 38.4 Å². The number of hydrogen-bond donors (Lipinski definition) is 1. The molecule has 0 saturated heterocycles. The van der Waals surface area contributed by atoms with Crippen molar-refractivity contribution in [2.24, 2.45) is 0 Å². The van der Waals surface area contributed by atoms with Crippen molar-refractivity contribution in [3.63, 3.8) is 0 Å². The summed E-state index contributed by atoms with van der Waals surface area (Å²) in [6.45, 7) is 3.03. The van der Waals surface area contributed by atoms with E-state index in [4.69, 9.17) is 4.74 Å². The van der Waals surface area contributed by atoms with E-state index in [-0.39, 0.29) is 0 Å². The zero-order valence-corrected chi connectivity index (χ0v) is 8.71. The third kappa shape index (κ3) is 1.68. The van der Waals surface area contributed by atoms with Crippen molar-refractivity contribution in [3.8, 4) is 5.75 Å². The Balaban J connectivity index is 2.39. The second-order valence-corrected chi connectivity index (χ2v) is 3.59. The molecule has 0 spiro atoms. The van der Waals surface area contributed by atoms with E-state index in [0.29, 0.717) is 0 Å². The second kappa shape index (κ2) is 3.88. The summed E-state index contributed by atoms with van der Waals surface area (Å²) < 4.78 is 5.22. The average Bonchev–Trinajstić information content (AvgIpc) is 2.40. The van der Waals surface area contributed by atoms with Gasteiger partial charge in [-0.2, -0.15) is 0 Å². The van der Waals surface area contributed by atoms with E-state index in [1.165, 1.54) is 11.3 Å². The molecule has 0 fully saturated rings. The summed E-state index contributed by atoms with van der Waals surface area (Å²) >= 11 is 0. The van der Waals surface area contributed by atoms with Crippen molar-refractivity contribution in [1.82, 2.24) is 5.32 Å². The summed E-state index contributed by atoms with van der Waals surface area (Å²) in [5, 5.41) is 3.39. The number of methoxy groups -OCH3 is 1. The molecule has 0 aromatic heterocycles. The van der Waals surface area contributed by atoms with E-state index < -0.39 is 0 Å². The Morgan fingerprint density at radius 2 is 2.29 bits per heavy atom. The van der Waals surface area contributed by atoms with Gasteiger partial charge in [-0.3, -0.25) is 0 Å². The summed E-state index contributed by atoms with van der Waals surface area (Å²) in [6.07, 6.45) is 0. The number of benzene rings is 1. The lowest BCUT2D eigenvalue weighted by Crippen LogP contribution is -2.24. The highest BCUT2D eigenvalue weighted by Crippen LogP contribution is 2.26. The predicted molar refractivity (Wildman–Crippen MR) is 58.0 cm³/mol. The Kier molecular flexibility index (Phi) is 2.59. The number of nitrogens with zero attached hydrogens (tertiary/aromatic N) is 1. The molecule has 1 aliphatic rings. The zero-order valence-electron chi connectivity index (χ0n) is 8.71. The van der Waals surface area contributed by atoms with Crippen molar-refractivity contribution < 1.29 is 4.74 Å². The Bertz CT molecular complexity index is 325. The molecule has 0 unspecified atom stereocenters. The number of anilines is 1. The summed E-state index contributed by atoms with van der Waals surface area (Å²) in [7, 11) is 3.82. The van der Waals surface area contributed by atoms with Crippen molar-refractivity contribution in [1.29, 1.82) is 0 Å². The van der Waals surface area contributed by atoms with Gasteiger partial charge in [0.15, 0.2) is 0 Å². The molecule has 14 heavy (non-hydrogen) atoms. The topological polar surface area (TPSA) is 24.5 Å². The summed E-state index contributed by atoms with van der Waals surface area (Å²) in [5.41, 5.74) is 2.61. The van der Waals surface area contributed by atoms with Crippen molar-refractivity contribution in [2.45, 2.75) is 6.54 Å². The number of hydrogen-bond acceptors (Lipinski definition) is 3. The fourth-order valence-electron chi connectivity index (χ4n) is 1.77. The molecule has 0 atom stereocenters. The fraction of sp³-hybridized carbons (Fsp3) is 0.455. The van der Waals surface area contributed by atoms with Crippen LogP contribution in [0.3, 0.4) is 0 Å². The molecule has 1 aliphatic heterocycles. The van der Waals surface area contributed by atoms with Crippen LogP contribution in [0.15, 0.2) is 18.2 Å². The molecular weight excluding hydrogens is 176 g/mol. The highest BCUT2D eigenvalue weighted by molar-refractivity contribution is 5.57. The first-order valence-electron chi connectivity index (χ1n) is 4.90. The lowest BCUT2D eigenvalue weighted by Gasteiger charge is -2.19. The van der Waals surface area contributed by atoms with E-state index in [0.717, 1.165) is 25.4 Å². The first-order chi connectivity index (χ1) is 6.81. The number of rotatable bonds is 1. The quantitative estimate of drug-likeness (QED) is 0.724. The molecule has 0 amide bonds. The van der Waals surface area contributed by atoms with Gasteiger partial charge in [0.2, 0.25) is 0 Å². The van der Waals surface area contributed by atoms with Crippen LogP contribution >= 0.6 is 0 Å². The highest BCUT2D eigenvalue weighted by Gasteiger charge is 2.11. The molecule has 1 aromatic rings. The highest BCUT2D eigenvalue weighted by atomic mass is 16.5. The largest absolute Gasteiger partial charge is 0.497 e. The maximum absolute atomic E-state index is 5.22. The lowest BCUT2D eigenvalue weighted by molar-refractivity contribution is 0.414. The Labute approximate surface area is 84.7 Å². The molecule has 0 radical (unpaired) electrons. The molecule has 2 rings (SSSR count). The van der Waals surface area contributed by atoms with Gasteiger partial charge in [-0.15, -0.1) is 0 Å². The fourth-order valence-corrected chi connectivity index (χ4v) is 1.77. The molecule has 3 heteroatoms. The maximum atomic E-state index is 5.22. The molecule has 0 aliphatic carbocycles. The zero-order chi connectivity index (χ0) is 9.97. The minimum atomic E-state index is 0.928. The Hall–Kier alpha value is -1.22. The first kappa shape index (κ1) is 9.34. The van der Waals surface area contributed by atoms with Crippen molar-refractivity contribution in [3.05, 3.63) is 23.8 Å². The smallest absolute Gasteiger partial charge is 0.120 e. The number of ether oxygens (including phenoxy) is 1. The van der Waals surface area contributed by atoms with Gasteiger partial charge in [0.1, 0.15) is 5.75 Å². The molecule has 76 valence electrons. The monoisotopic (exact) mass is 192 g/mol. The number of likely N-dealkylation sites (N-methyl/N-ethyl adjacent to an activating group) is 1. The Morgan fingerprint density at radius 1 is 1.43 bits per heavy atom. The molecule has 1 heterocycles. The molecule has 1 aromatic carbocycles. The predicted octanol–water partition coefficient (Wildman–Crippen LogP) is 1.23. The minimum absolute atomic E-state index is 0.928. The van der Waals surface area contributed by atoms with Gasteiger partial charge in [-0.25, -0.2) is 0 Å². The standard InChI is InChI=1S/C11H16N2O/c1-13-6-5-12-8-9-3-4-10(14-2)7-11(9)13/h3-4,7,12H,5-6,8H2,1-2H3. The van der Waals surface area contributed by atoms with E-state index in [1.807, 2.05) is 6.07 Å². The molecule has 1 N–H and O–H groups in total. The molecule has 0 saturated carbocycles. The lowest BCUT2D eigenvalue weighted by atomic mass is 10.1. The van der Waals surface area contributed by atoms with Crippen LogP contribution in [0.25, 0.3) is 0 Å². The van der Waals surface area contributed by atoms with Gasteiger partial charge in [0.05, 0.1) is 7.11 Å². The normalized spacial score (nSPS) is 16.0. The maximum Gasteiger partial charge on any atom is 0.120 e. The van der Waals surface area contributed by atoms with Crippen LogP contribution in [-0.2, 0) is 6.54 Å². The summed E-state index contributed by atoms with van der Waals surface area (Å²) in [6, 6.07) is 6.24. The van der Waals surface area contributed by atoms with E-state index in [2.05, 4.69) is 29.4 Å². The van der Waals surface area contributed by atoms with Crippen LogP contribution in [0, 0.1) is 0 Å². The molecule has 3 nitrogen and oxygen atoms in total. The van der Waals surface area contributed by atoms with Crippen molar-refractivity contribution >= 4 is 5.69 Å². The number of nitrogens with one attached hydrogen (secondary N) is 1. The van der Waals surface area contributed by atoms with E-state index >= 15 is 0 Å². The SMILES string of the molecule is COc1ccc2c(c1)N(C)CCNC2. The average molecular weight is 192 g/mol. The van der Waals surface area contributed by atoms with E-state index in [1.54, 1.807) is 7.11 Å². The van der Waals surface area contributed by atoms with Gasteiger partial charge >= 0.3 is 0 Å². The molecule has 0 bridgehead atoms. The summed E-state index contributed by atoms with van der Waals surface area (Å²) in [5.74, 6) is 0.928. The van der Waals surface area contributed by atoms with Crippen LogP contribution in [0.4, 0.5) is 5.69 Å².